The molecule has 2 aliphatic rings. The Hall–Kier alpha value is -2.57. The number of piperidine rings is 1. The molecule has 7 heteroatoms. The molecule has 0 unspecified atom stereocenters. The number of aryl methyl sites for hydroxylation is 1. The number of fused-ring (bicyclic) bond motifs is 1. The Morgan fingerprint density at radius 1 is 1.19 bits per heavy atom. The summed E-state index contributed by atoms with van der Waals surface area (Å²) in [4.78, 5) is 37.8. The number of nitrogens with one attached hydrogen (secondary N) is 2. The molecule has 3 rings (SSSR count). The molecule has 0 spiro atoms. The largest absolute Gasteiger partial charge is 0.444 e. The van der Waals surface area contributed by atoms with Crippen molar-refractivity contribution in [2.75, 3.05) is 23.7 Å². The lowest BCUT2D eigenvalue weighted by Crippen LogP contribution is -2.43. The van der Waals surface area contributed by atoms with Crippen molar-refractivity contribution in [3.63, 3.8) is 0 Å². The van der Waals surface area contributed by atoms with Crippen molar-refractivity contribution in [2.24, 2.45) is 5.92 Å². The van der Waals surface area contributed by atoms with E-state index in [1.807, 2.05) is 32.9 Å². The molecule has 1 aromatic carbocycles. The van der Waals surface area contributed by atoms with Crippen molar-refractivity contribution in [3.05, 3.63) is 23.8 Å². The third-order valence-corrected chi connectivity index (χ3v) is 4.79. The van der Waals surface area contributed by atoms with Crippen molar-refractivity contribution < 1.29 is 19.1 Å². The van der Waals surface area contributed by atoms with Crippen LogP contribution in [0.25, 0.3) is 0 Å². The van der Waals surface area contributed by atoms with E-state index in [4.69, 9.17) is 4.74 Å². The molecule has 0 aliphatic carbocycles. The van der Waals surface area contributed by atoms with Gasteiger partial charge in [0.2, 0.25) is 11.8 Å². The van der Waals surface area contributed by atoms with Gasteiger partial charge in [-0.25, -0.2) is 4.79 Å². The molecule has 0 aromatic heterocycles. The number of carbonyl (C=O) groups is 3. The van der Waals surface area contributed by atoms with Crippen LogP contribution in [0.1, 0.15) is 45.6 Å². The van der Waals surface area contributed by atoms with Crippen molar-refractivity contribution in [1.29, 1.82) is 0 Å². The van der Waals surface area contributed by atoms with Gasteiger partial charge in [-0.1, -0.05) is 0 Å². The Morgan fingerprint density at radius 2 is 1.89 bits per heavy atom. The van der Waals surface area contributed by atoms with E-state index >= 15 is 0 Å². The van der Waals surface area contributed by atoms with Crippen LogP contribution in [0, 0.1) is 5.92 Å². The Kier molecular flexibility index (Phi) is 5.39. The van der Waals surface area contributed by atoms with Crippen LogP contribution in [0.3, 0.4) is 0 Å². The number of hydrogen-bond acceptors (Lipinski definition) is 4. The molecule has 146 valence electrons. The number of ether oxygens (including phenoxy) is 1. The summed E-state index contributed by atoms with van der Waals surface area (Å²) in [6.07, 6.45) is 2.06. The third-order valence-electron chi connectivity index (χ3n) is 4.79. The highest BCUT2D eigenvalue weighted by molar-refractivity contribution is 5.96. The molecule has 2 heterocycles. The minimum absolute atomic E-state index is 0.0241. The van der Waals surface area contributed by atoms with E-state index in [-0.39, 0.29) is 23.8 Å². The fourth-order valence-corrected chi connectivity index (χ4v) is 3.36. The average molecular weight is 373 g/mol. The van der Waals surface area contributed by atoms with Gasteiger partial charge in [0.15, 0.2) is 0 Å². The number of anilines is 2. The van der Waals surface area contributed by atoms with Crippen LogP contribution in [0.15, 0.2) is 18.2 Å². The zero-order chi connectivity index (χ0) is 19.6. The van der Waals surface area contributed by atoms with Crippen LogP contribution >= 0.6 is 0 Å². The second-order valence-electron chi connectivity index (χ2n) is 8.15. The highest BCUT2D eigenvalue weighted by Gasteiger charge is 2.30. The van der Waals surface area contributed by atoms with Crippen LogP contribution in [0.4, 0.5) is 16.2 Å². The Balaban J connectivity index is 1.53. The molecule has 0 atom stereocenters. The van der Waals surface area contributed by atoms with Crippen LogP contribution in [0.2, 0.25) is 0 Å². The molecule has 27 heavy (non-hydrogen) atoms. The van der Waals surface area contributed by atoms with Crippen LogP contribution in [-0.2, 0) is 20.7 Å². The molecule has 0 saturated carbocycles. The molecular weight excluding hydrogens is 346 g/mol. The van der Waals surface area contributed by atoms with Gasteiger partial charge in [-0.2, -0.15) is 0 Å². The minimum Gasteiger partial charge on any atom is -0.444 e. The Morgan fingerprint density at radius 3 is 2.56 bits per heavy atom. The van der Waals surface area contributed by atoms with Gasteiger partial charge in [-0.05, 0) is 63.8 Å². The molecule has 1 saturated heterocycles. The summed E-state index contributed by atoms with van der Waals surface area (Å²) in [5.41, 5.74) is 2.07. The maximum absolute atomic E-state index is 12.6. The lowest BCUT2D eigenvalue weighted by molar-refractivity contribution is -0.121. The number of benzene rings is 1. The highest BCUT2D eigenvalue weighted by Crippen LogP contribution is 2.27. The Bertz CT molecular complexity index is 746. The van der Waals surface area contributed by atoms with Crippen LogP contribution < -0.4 is 10.6 Å². The Labute approximate surface area is 159 Å². The van der Waals surface area contributed by atoms with Crippen molar-refractivity contribution >= 4 is 29.3 Å². The normalized spacial score (nSPS) is 17.7. The number of hydrogen-bond donors (Lipinski definition) is 2. The fraction of sp³-hybridized carbons (Fsp3) is 0.550. The first-order valence-electron chi connectivity index (χ1n) is 9.43. The summed E-state index contributed by atoms with van der Waals surface area (Å²) in [7, 11) is 0. The predicted molar refractivity (Wildman–Crippen MR) is 103 cm³/mol. The molecule has 3 amide bonds. The predicted octanol–water partition coefficient (Wildman–Crippen LogP) is 3.16. The number of amides is 3. The summed E-state index contributed by atoms with van der Waals surface area (Å²) in [5.74, 6) is -0.130. The lowest BCUT2D eigenvalue weighted by Gasteiger charge is -2.33. The third kappa shape index (κ3) is 4.99. The molecule has 2 aliphatic heterocycles. The first kappa shape index (κ1) is 19.2. The van der Waals surface area contributed by atoms with Gasteiger partial charge in [-0.3, -0.25) is 9.59 Å². The van der Waals surface area contributed by atoms with Crippen LogP contribution in [0.5, 0.6) is 0 Å². The summed E-state index contributed by atoms with van der Waals surface area (Å²) in [6.45, 7) is 6.56. The summed E-state index contributed by atoms with van der Waals surface area (Å²) in [6, 6.07) is 5.55. The molecule has 0 bridgehead atoms. The second kappa shape index (κ2) is 7.58. The van der Waals surface area contributed by atoms with Crippen molar-refractivity contribution in [1.82, 2.24) is 4.90 Å². The smallest absolute Gasteiger partial charge is 0.410 e. The molecule has 7 nitrogen and oxygen atoms in total. The number of rotatable bonds is 2. The maximum Gasteiger partial charge on any atom is 0.410 e. The van der Waals surface area contributed by atoms with E-state index < -0.39 is 5.60 Å². The molecule has 2 N–H and O–H groups in total. The first-order chi connectivity index (χ1) is 12.7. The highest BCUT2D eigenvalue weighted by atomic mass is 16.6. The van der Waals surface area contributed by atoms with E-state index in [1.165, 1.54) is 0 Å². The van der Waals surface area contributed by atoms with Gasteiger partial charge in [0.1, 0.15) is 5.60 Å². The summed E-state index contributed by atoms with van der Waals surface area (Å²) >= 11 is 0. The standard InChI is InChI=1S/C20H27N3O4/c1-20(2,3)27-19(26)23-10-8-13(9-11-23)18(25)21-15-5-6-16-14(12-15)4-7-17(24)22-16/h5-6,12-13H,4,7-11H2,1-3H3,(H,21,25)(H,22,24). The van der Waals surface area contributed by atoms with Gasteiger partial charge in [0.25, 0.3) is 0 Å². The van der Waals surface area contributed by atoms with E-state index in [1.54, 1.807) is 11.0 Å². The maximum atomic E-state index is 12.6. The van der Waals surface area contributed by atoms with E-state index in [2.05, 4.69) is 10.6 Å². The average Bonchev–Trinajstić information content (AvgIpc) is 2.60. The summed E-state index contributed by atoms with van der Waals surface area (Å²) in [5, 5.41) is 5.80. The zero-order valence-electron chi connectivity index (χ0n) is 16.1. The van der Waals surface area contributed by atoms with Gasteiger partial charge >= 0.3 is 6.09 Å². The second-order valence-corrected chi connectivity index (χ2v) is 8.15. The van der Waals surface area contributed by atoms with Gasteiger partial charge in [-0.15, -0.1) is 0 Å². The fourth-order valence-electron chi connectivity index (χ4n) is 3.36. The van der Waals surface area contributed by atoms with E-state index in [0.717, 1.165) is 16.9 Å². The number of carbonyl (C=O) groups excluding carboxylic acids is 3. The monoisotopic (exact) mass is 373 g/mol. The van der Waals surface area contributed by atoms with Crippen LogP contribution in [-0.4, -0.2) is 41.5 Å². The SMILES string of the molecule is CC(C)(C)OC(=O)N1CCC(C(=O)Nc2ccc3c(c2)CCC(=O)N3)CC1. The minimum atomic E-state index is -0.517. The summed E-state index contributed by atoms with van der Waals surface area (Å²) < 4.78 is 5.39. The molecule has 0 radical (unpaired) electrons. The molecule has 1 fully saturated rings. The van der Waals surface area contributed by atoms with Crippen molar-refractivity contribution in [2.45, 2.75) is 52.1 Å². The first-order valence-corrected chi connectivity index (χ1v) is 9.43. The number of likely N-dealkylation sites (tertiary alicyclic amines) is 1. The molecular formula is C20H27N3O4. The van der Waals surface area contributed by atoms with E-state index in [9.17, 15) is 14.4 Å². The zero-order valence-corrected chi connectivity index (χ0v) is 16.1. The van der Waals surface area contributed by atoms with Crippen molar-refractivity contribution in [3.8, 4) is 0 Å². The van der Waals surface area contributed by atoms with Gasteiger partial charge in [0.05, 0.1) is 0 Å². The topological polar surface area (TPSA) is 87.7 Å². The van der Waals surface area contributed by atoms with Gasteiger partial charge < -0.3 is 20.3 Å². The van der Waals surface area contributed by atoms with E-state index in [0.29, 0.717) is 38.8 Å². The lowest BCUT2D eigenvalue weighted by atomic mass is 9.95. The number of nitrogens with zero attached hydrogens (tertiary/aromatic N) is 1. The molecule has 1 aromatic rings. The quantitative estimate of drug-likeness (QED) is 0.834. The van der Waals surface area contributed by atoms with Gasteiger partial charge in [0, 0.05) is 36.8 Å².